The molecule has 0 spiro atoms. The summed E-state index contributed by atoms with van der Waals surface area (Å²) in [7, 11) is 0. The molecule has 2 atom stereocenters. The van der Waals surface area contributed by atoms with Gasteiger partial charge in [0.1, 0.15) is 0 Å². The summed E-state index contributed by atoms with van der Waals surface area (Å²) < 4.78 is 0. The zero-order valence-corrected chi connectivity index (χ0v) is 8.35. The molecule has 0 amide bonds. The first-order valence-electron chi connectivity index (χ1n) is 4.74. The first kappa shape index (κ1) is 11.2. The summed E-state index contributed by atoms with van der Waals surface area (Å²) in [6.07, 6.45) is -0.197. The standard InChI is InChI=1S/C11H17NO2/c1-8-2-4-9(5-3-8)11(14)6-10(12)7-13/h2-5,10-11,13-14H,6-7,12H2,1H3/t10-,11+/m1/s1. The maximum absolute atomic E-state index is 9.72. The maximum atomic E-state index is 9.72. The van der Waals surface area contributed by atoms with E-state index in [4.69, 9.17) is 10.8 Å². The van der Waals surface area contributed by atoms with Crippen LogP contribution in [0.15, 0.2) is 24.3 Å². The first-order chi connectivity index (χ1) is 6.63. The van der Waals surface area contributed by atoms with Crippen molar-refractivity contribution in [2.24, 2.45) is 5.73 Å². The highest BCUT2D eigenvalue weighted by Crippen LogP contribution is 2.17. The fourth-order valence-electron chi connectivity index (χ4n) is 1.29. The van der Waals surface area contributed by atoms with Crippen molar-refractivity contribution < 1.29 is 10.2 Å². The van der Waals surface area contributed by atoms with Crippen LogP contribution in [0, 0.1) is 6.92 Å². The summed E-state index contributed by atoms with van der Waals surface area (Å²) in [6.45, 7) is 1.90. The van der Waals surface area contributed by atoms with Crippen LogP contribution in [0.5, 0.6) is 0 Å². The third kappa shape index (κ3) is 3.10. The second kappa shape index (κ2) is 5.10. The van der Waals surface area contributed by atoms with E-state index in [0.29, 0.717) is 6.42 Å². The molecule has 3 heteroatoms. The monoisotopic (exact) mass is 195 g/mol. The molecule has 4 N–H and O–H groups in total. The molecule has 0 unspecified atom stereocenters. The molecule has 0 aromatic heterocycles. The van der Waals surface area contributed by atoms with Gasteiger partial charge in [0.15, 0.2) is 0 Å². The normalized spacial score (nSPS) is 15.1. The summed E-state index contributed by atoms with van der Waals surface area (Å²) >= 11 is 0. The number of nitrogens with two attached hydrogens (primary N) is 1. The average Bonchev–Trinajstić information content (AvgIpc) is 2.18. The van der Waals surface area contributed by atoms with Gasteiger partial charge in [-0.2, -0.15) is 0 Å². The third-order valence-electron chi connectivity index (χ3n) is 2.22. The van der Waals surface area contributed by atoms with Crippen molar-refractivity contribution in [2.75, 3.05) is 6.61 Å². The van der Waals surface area contributed by atoms with Gasteiger partial charge in [0.25, 0.3) is 0 Å². The largest absolute Gasteiger partial charge is 0.395 e. The molecule has 3 nitrogen and oxygen atoms in total. The van der Waals surface area contributed by atoms with E-state index in [-0.39, 0.29) is 12.6 Å². The smallest absolute Gasteiger partial charge is 0.0805 e. The Balaban J connectivity index is 2.60. The van der Waals surface area contributed by atoms with Crippen molar-refractivity contribution in [3.8, 4) is 0 Å². The van der Waals surface area contributed by atoms with Gasteiger partial charge in [-0.25, -0.2) is 0 Å². The SMILES string of the molecule is Cc1ccc([C@@H](O)C[C@@H](N)CO)cc1. The zero-order chi connectivity index (χ0) is 10.6. The Morgan fingerprint density at radius 3 is 2.36 bits per heavy atom. The van der Waals surface area contributed by atoms with Gasteiger partial charge in [0.05, 0.1) is 12.7 Å². The number of hydrogen-bond donors (Lipinski definition) is 3. The number of aryl methyl sites for hydroxylation is 1. The van der Waals surface area contributed by atoms with Gasteiger partial charge in [0.2, 0.25) is 0 Å². The lowest BCUT2D eigenvalue weighted by Gasteiger charge is -2.14. The lowest BCUT2D eigenvalue weighted by Crippen LogP contribution is -2.26. The molecule has 0 fully saturated rings. The summed E-state index contributed by atoms with van der Waals surface area (Å²) in [4.78, 5) is 0. The predicted molar refractivity (Wildman–Crippen MR) is 55.8 cm³/mol. The van der Waals surface area contributed by atoms with E-state index >= 15 is 0 Å². The predicted octanol–water partition coefficient (Wildman–Crippen LogP) is 0.738. The molecule has 0 bridgehead atoms. The lowest BCUT2D eigenvalue weighted by molar-refractivity contribution is 0.140. The molecule has 0 aliphatic rings. The molecule has 78 valence electrons. The van der Waals surface area contributed by atoms with Gasteiger partial charge < -0.3 is 15.9 Å². The topological polar surface area (TPSA) is 66.5 Å². The van der Waals surface area contributed by atoms with Crippen LogP contribution in [0.1, 0.15) is 23.7 Å². The van der Waals surface area contributed by atoms with Crippen LogP contribution in [0.2, 0.25) is 0 Å². The number of rotatable bonds is 4. The third-order valence-corrected chi connectivity index (χ3v) is 2.22. The molecule has 0 saturated carbocycles. The van der Waals surface area contributed by atoms with Crippen LogP contribution >= 0.6 is 0 Å². The van der Waals surface area contributed by atoms with Crippen LogP contribution in [0.3, 0.4) is 0 Å². The Kier molecular flexibility index (Phi) is 4.07. The Bertz CT molecular complexity index is 271. The average molecular weight is 195 g/mol. The molecule has 14 heavy (non-hydrogen) atoms. The van der Waals surface area contributed by atoms with Gasteiger partial charge >= 0.3 is 0 Å². The molecule has 0 saturated heterocycles. The fraction of sp³-hybridized carbons (Fsp3) is 0.455. The molecule has 0 aliphatic carbocycles. The highest BCUT2D eigenvalue weighted by molar-refractivity contribution is 5.23. The summed E-state index contributed by atoms with van der Waals surface area (Å²) in [5.74, 6) is 0. The highest BCUT2D eigenvalue weighted by Gasteiger charge is 2.11. The first-order valence-corrected chi connectivity index (χ1v) is 4.74. The van der Waals surface area contributed by atoms with Gasteiger partial charge in [-0.05, 0) is 18.9 Å². The van der Waals surface area contributed by atoms with Crippen LogP contribution in [-0.4, -0.2) is 22.9 Å². The molecule has 0 aliphatic heterocycles. The lowest BCUT2D eigenvalue weighted by atomic mass is 10.0. The van der Waals surface area contributed by atoms with Crippen molar-refractivity contribution >= 4 is 0 Å². The van der Waals surface area contributed by atoms with Gasteiger partial charge in [-0.1, -0.05) is 29.8 Å². The highest BCUT2D eigenvalue weighted by atomic mass is 16.3. The van der Waals surface area contributed by atoms with Crippen LogP contribution in [0.25, 0.3) is 0 Å². The number of aliphatic hydroxyl groups excluding tert-OH is 2. The van der Waals surface area contributed by atoms with Crippen molar-refractivity contribution in [2.45, 2.75) is 25.5 Å². The minimum atomic E-state index is -0.585. The summed E-state index contributed by atoms with van der Waals surface area (Å²) in [5, 5.41) is 18.5. The molecule has 1 aromatic carbocycles. The zero-order valence-electron chi connectivity index (χ0n) is 8.35. The Morgan fingerprint density at radius 1 is 1.29 bits per heavy atom. The molecule has 0 radical (unpaired) electrons. The number of aliphatic hydroxyl groups is 2. The Morgan fingerprint density at radius 2 is 1.86 bits per heavy atom. The van der Waals surface area contributed by atoms with E-state index in [1.54, 1.807) is 0 Å². The number of benzene rings is 1. The second-order valence-electron chi connectivity index (χ2n) is 3.60. The van der Waals surface area contributed by atoms with E-state index < -0.39 is 6.10 Å². The van der Waals surface area contributed by atoms with Crippen LogP contribution in [0.4, 0.5) is 0 Å². The van der Waals surface area contributed by atoms with E-state index in [1.165, 1.54) is 0 Å². The Hall–Kier alpha value is -0.900. The van der Waals surface area contributed by atoms with E-state index in [0.717, 1.165) is 11.1 Å². The van der Waals surface area contributed by atoms with E-state index in [1.807, 2.05) is 31.2 Å². The summed E-state index contributed by atoms with van der Waals surface area (Å²) in [5.41, 5.74) is 7.54. The number of hydrogen-bond acceptors (Lipinski definition) is 3. The Labute approximate surface area is 84.2 Å². The van der Waals surface area contributed by atoms with E-state index in [2.05, 4.69) is 0 Å². The minimum Gasteiger partial charge on any atom is -0.395 e. The van der Waals surface area contributed by atoms with Crippen molar-refractivity contribution in [3.05, 3.63) is 35.4 Å². The van der Waals surface area contributed by atoms with Gasteiger partial charge in [0, 0.05) is 6.04 Å². The van der Waals surface area contributed by atoms with Crippen LogP contribution < -0.4 is 5.73 Å². The quantitative estimate of drug-likeness (QED) is 0.663. The molecular formula is C11H17NO2. The maximum Gasteiger partial charge on any atom is 0.0805 e. The fourth-order valence-corrected chi connectivity index (χ4v) is 1.29. The second-order valence-corrected chi connectivity index (χ2v) is 3.60. The van der Waals surface area contributed by atoms with E-state index in [9.17, 15) is 5.11 Å². The summed E-state index contributed by atoms with van der Waals surface area (Å²) in [6, 6.07) is 7.30. The molecule has 1 rings (SSSR count). The van der Waals surface area contributed by atoms with Gasteiger partial charge in [-0.3, -0.25) is 0 Å². The minimum absolute atomic E-state index is 0.0943. The van der Waals surface area contributed by atoms with Crippen molar-refractivity contribution in [1.29, 1.82) is 0 Å². The van der Waals surface area contributed by atoms with Crippen molar-refractivity contribution in [1.82, 2.24) is 0 Å². The van der Waals surface area contributed by atoms with Gasteiger partial charge in [-0.15, -0.1) is 0 Å². The van der Waals surface area contributed by atoms with Crippen molar-refractivity contribution in [3.63, 3.8) is 0 Å². The molecule has 0 heterocycles. The molecular weight excluding hydrogens is 178 g/mol. The molecule has 1 aromatic rings. The van der Waals surface area contributed by atoms with Crippen LogP contribution in [-0.2, 0) is 0 Å².